The first-order valence-electron chi connectivity index (χ1n) is 12.8. The lowest BCUT2D eigenvalue weighted by Crippen LogP contribution is -2.52. The van der Waals surface area contributed by atoms with Crippen molar-refractivity contribution in [2.75, 3.05) is 31.1 Å². The monoisotopic (exact) mass is 459 g/mol. The van der Waals surface area contributed by atoms with Crippen LogP contribution in [0.5, 0.6) is 0 Å². The Morgan fingerprint density at radius 3 is 2.48 bits per heavy atom. The van der Waals surface area contributed by atoms with Gasteiger partial charge in [0.25, 0.3) is 0 Å². The van der Waals surface area contributed by atoms with E-state index in [1.165, 1.54) is 19.3 Å². The number of rotatable bonds is 7. The maximum Gasteiger partial charge on any atom is 0.217 e. The number of anilines is 1. The second-order valence-electron chi connectivity index (χ2n) is 11.4. The van der Waals surface area contributed by atoms with E-state index in [9.17, 15) is 9.90 Å². The third kappa shape index (κ3) is 7.64. The Hall–Kier alpha value is -1.73. The van der Waals surface area contributed by atoms with Crippen molar-refractivity contribution in [1.82, 2.24) is 20.2 Å². The lowest BCUT2D eigenvalue weighted by Gasteiger charge is -2.41. The molecule has 0 spiro atoms. The zero-order valence-corrected chi connectivity index (χ0v) is 21.6. The Balaban J connectivity index is 1.55. The Morgan fingerprint density at radius 2 is 1.91 bits per heavy atom. The van der Waals surface area contributed by atoms with E-state index < -0.39 is 6.10 Å². The van der Waals surface area contributed by atoms with Crippen molar-refractivity contribution in [3.05, 3.63) is 17.6 Å². The molecule has 2 heterocycles. The fourth-order valence-electron chi connectivity index (χ4n) is 5.15. The molecule has 33 heavy (non-hydrogen) atoms. The molecule has 1 saturated carbocycles. The van der Waals surface area contributed by atoms with Gasteiger partial charge in [-0.1, -0.05) is 20.8 Å². The largest absolute Gasteiger partial charge is 0.393 e. The number of hydrogen-bond acceptors (Lipinski definition) is 6. The molecule has 1 amide bonds. The molecule has 2 atom stereocenters. The highest BCUT2D eigenvalue weighted by Crippen LogP contribution is 2.28. The molecule has 1 aromatic rings. The van der Waals surface area contributed by atoms with E-state index >= 15 is 0 Å². The summed E-state index contributed by atoms with van der Waals surface area (Å²) < 4.78 is 0. The van der Waals surface area contributed by atoms with E-state index in [-0.39, 0.29) is 11.3 Å². The number of amides is 1. The van der Waals surface area contributed by atoms with Crippen molar-refractivity contribution >= 4 is 11.7 Å². The number of nitrogens with one attached hydrogen (secondary N) is 1. The van der Waals surface area contributed by atoms with E-state index in [4.69, 9.17) is 9.97 Å². The number of hydrogen-bond donors (Lipinski definition) is 2. The van der Waals surface area contributed by atoms with Gasteiger partial charge in [0.1, 0.15) is 11.6 Å². The highest BCUT2D eigenvalue weighted by Gasteiger charge is 2.28. The summed E-state index contributed by atoms with van der Waals surface area (Å²) in [6, 6.07) is 2.92. The van der Waals surface area contributed by atoms with Gasteiger partial charge in [-0.2, -0.15) is 0 Å². The lowest BCUT2D eigenvalue weighted by atomic mass is 9.84. The molecule has 0 aromatic carbocycles. The number of piperazine rings is 1. The molecule has 2 unspecified atom stereocenters. The van der Waals surface area contributed by atoms with Gasteiger partial charge < -0.3 is 15.3 Å². The normalized spacial score (nSPS) is 25.7. The fraction of sp³-hybridized carbons (Fsp3) is 0.808. The molecule has 7 nitrogen and oxygen atoms in total. The van der Waals surface area contributed by atoms with Crippen LogP contribution in [-0.2, 0) is 16.6 Å². The van der Waals surface area contributed by atoms with Crippen molar-refractivity contribution < 1.29 is 9.90 Å². The number of aromatic nitrogens is 2. The van der Waals surface area contributed by atoms with Crippen LogP contribution in [0.15, 0.2) is 6.07 Å². The molecule has 1 saturated heterocycles. The highest BCUT2D eigenvalue weighted by atomic mass is 16.3. The summed E-state index contributed by atoms with van der Waals surface area (Å²) in [6.07, 6.45) is 6.07. The molecule has 1 aliphatic carbocycles. The van der Waals surface area contributed by atoms with Crippen molar-refractivity contribution in [2.45, 2.75) is 104 Å². The molecular weight excluding hydrogens is 414 g/mol. The summed E-state index contributed by atoms with van der Waals surface area (Å²) >= 11 is 0. The van der Waals surface area contributed by atoms with Crippen molar-refractivity contribution in [3.63, 3.8) is 0 Å². The predicted octanol–water partition coefficient (Wildman–Crippen LogP) is 3.29. The molecular formula is C26H45N5O2. The molecule has 2 aliphatic rings. The first kappa shape index (κ1) is 25.9. The van der Waals surface area contributed by atoms with Crippen molar-refractivity contribution in [3.8, 4) is 0 Å². The molecule has 3 rings (SSSR count). The first-order valence-corrected chi connectivity index (χ1v) is 12.8. The van der Waals surface area contributed by atoms with Gasteiger partial charge >= 0.3 is 0 Å². The van der Waals surface area contributed by atoms with Crippen molar-refractivity contribution in [2.24, 2.45) is 5.92 Å². The van der Waals surface area contributed by atoms with E-state index in [1.807, 2.05) is 6.92 Å². The summed E-state index contributed by atoms with van der Waals surface area (Å²) in [7, 11) is 0. The molecule has 2 fully saturated rings. The topological polar surface area (TPSA) is 81.6 Å². The van der Waals surface area contributed by atoms with E-state index in [0.29, 0.717) is 18.5 Å². The zero-order chi connectivity index (χ0) is 24.2. The lowest BCUT2D eigenvalue weighted by molar-refractivity contribution is -0.119. The molecule has 2 N–H and O–H groups in total. The van der Waals surface area contributed by atoms with Crippen LogP contribution in [0, 0.1) is 5.92 Å². The summed E-state index contributed by atoms with van der Waals surface area (Å²) in [4.78, 5) is 26.0. The summed E-state index contributed by atoms with van der Waals surface area (Å²) in [5.74, 6) is 2.72. The number of aliphatic hydroxyl groups is 1. The van der Waals surface area contributed by atoms with Gasteiger partial charge in [0, 0.05) is 62.2 Å². The van der Waals surface area contributed by atoms with E-state index in [0.717, 1.165) is 62.3 Å². The maximum atomic E-state index is 11.3. The van der Waals surface area contributed by atoms with Gasteiger partial charge in [-0.15, -0.1) is 0 Å². The Kier molecular flexibility index (Phi) is 8.73. The third-order valence-corrected chi connectivity index (χ3v) is 7.11. The number of aliphatic hydroxyl groups excluding tert-OH is 1. The van der Waals surface area contributed by atoms with Gasteiger partial charge in [-0.25, -0.2) is 9.97 Å². The van der Waals surface area contributed by atoms with Crippen LogP contribution in [0.3, 0.4) is 0 Å². The van der Waals surface area contributed by atoms with Crippen LogP contribution in [-0.4, -0.2) is 70.2 Å². The van der Waals surface area contributed by atoms with Crippen LogP contribution < -0.4 is 10.2 Å². The molecule has 7 heteroatoms. The van der Waals surface area contributed by atoms with Crippen LogP contribution >= 0.6 is 0 Å². The Bertz CT molecular complexity index is 783. The third-order valence-electron chi connectivity index (χ3n) is 7.11. The second kappa shape index (κ2) is 11.1. The minimum absolute atomic E-state index is 0.0986. The minimum atomic E-state index is -0.412. The minimum Gasteiger partial charge on any atom is -0.393 e. The van der Waals surface area contributed by atoms with Gasteiger partial charge in [-0.05, 0) is 58.4 Å². The van der Waals surface area contributed by atoms with Gasteiger partial charge in [0.15, 0.2) is 0 Å². The number of carbonyl (C=O) groups is 1. The number of nitrogens with zero attached hydrogens (tertiary/aromatic N) is 4. The average molecular weight is 460 g/mol. The van der Waals surface area contributed by atoms with Crippen LogP contribution in [0.4, 0.5) is 5.82 Å². The van der Waals surface area contributed by atoms with Gasteiger partial charge in [0.2, 0.25) is 5.91 Å². The first-order chi connectivity index (χ1) is 15.5. The summed E-state index contributed by atoms with van der Waals surface area (Å²) in [5, 5.41) is 13.0. The van der Waals surface area contributed by atoms with Crippen LogP contribution in [0.1, 0.15) is 85.2 Å². The highest BCUT2D eigenvalue weighted by molar-refractivity contribution is 5.73. The maximum absolute atomic E-state index is 11.3. The average Bonchev–Trinajstić information content (AvgIpc) is 2.72. The van der Waals surface area contributed by atoms with Crippen LogP contribution in [0.25, 0.3) is 0 Å². The SMILES string of the molecule is CC(=O)NC1CCC(CCN2CCN(c3cc(CC(C)O)nc(C(C)(C)C)n3)CC2C)CC1. The molecule has 0 radical (unpaired) electrons. The fourth-order valence-corrected chi connectivity index (χ4v) is 5.15. The smallest absolute Gasteiger partial charge is 0.217 e. The quantitative estimate of drug-likeness (QED) is 0.651. The Labute approximate surface area is 200 Å². The van der Waals surface area contributed by atoms with Gasteiger partial charge in [0.05, 0.1) is 6.10 Å². The van der Waals surface area contributed by atoms with E-state index in [2.05, 4.69) is 48.9 Å². The van der Waals surface area contributed by atoms with Crippen LogP contribution in [0.2, 0.25) is 0 Å². The standard InChI is InChI=1S/C26H45N5O2/c1-18-17-31(24-16-23(15-19(2)32)28-25(29-24)26(4,5)6)14-13-30(18)12-11-21-7-9-22(10-8-21)27-20(3)33/h16,18-19,21-22,32H,7-15,17H2,1-6H3,(H,27,33). The molecule has 0 bridgehead atoms. The predicted molar refractivity (Wildman–Crippen MR) is 134 cm³/mol. The zero-order valence-electron chi connectivity index (χ0n) is 21.6. The molecule has 1 aliphatic heterocycles. The second-order valence-corrected chi connectivity index (χ2v) is 11.4. The number of carbonyl (C=O) groups excluding carboxylic acids is 1. The molecule has 186 valence electrons. The Morgan fingerprint density at radius 1 is 1.21 bits per heavy atom. The van der Waals surface area contributed by atoms with E-state index in [1.54, 1.807) is 6.92 Å². The van der Waals surface area contributed by atoms with Gasteiger partial charge in [-0.3, -0.25) is 9.69 Å². The summed E-state index contributed by atoms with van der Waals surface area (Å²) in [6.45, 7) is 16.3. The van der Waals surface area contributed by atoms with Crippen molar-refractivity contribution in [1.29, 1.82) is 0 Å². The summed E-state index contributed by atoms with van der Waals surface area (Å²) in [5.41, 5.74) is 0.792. The molecule has 1 aromatic heterocycles.